The van der Waals surface area contributed by atoms with Crippen LogP contribution in [0.5, 0.6) is 0 Å². The molecular weight excluding hydrogens is 232 g/mol. The van der Waals surface area contributed by atoms with Gasteiger partial charge in [-0.25, -0.2) is 8.78 Å². The molecule has 1 aromatic rings. The number of anilines is 1. The van der Waals surface area contributed by atoms with Gasteiger partial charge in [0, 0.05) is 23.7 Å². The molecule has 1 heterocycles. The molecule has 0 N–H and O–H groups in total. The molecule has 0 atom stereocenters. The maximum Gasteiger partial charge on any atom is 0.265 e. The Morgan fingerprint density at radius 1 is 1.38 bits per heavy atom. The zero-order valence-electron chi connectivity index (χ0n) is 9.14. The lowest BCUT2D eigenvalue weighted by molar-refractivity contribution is -0.0116. The molecule has 0 aromatic heterocycles. The van der Waals surface area contributed by atoms with E-state index in [9.17, 15) is 8.78 Å². The van der Waals surface area contributed by atoms with Crippen LogP contribution in [0.15, 0.2) is 18.2 Å². The first-order chi connectivity index (χ1) is 7.49. The largest absolute Gasteiger partial charge is 0.365 e. The van der Waals surface area contributed by atoms with Gasteiger partial charge in [-0.15, -0.1) is 0 Å². The van der Waals surface area contributed by atoms with Crippen LogP contribution in [0.25, 0.3) is 0 Å². The Balaban J connectivity index is 2.27. The summed E-state index contributed by atoms with van der Waals surface area (Å²) in [4.78, 5) is 1.73. The summed E-state index contributed by atoms with van der Waals surface area (Å²) in [6, 6.07) is 5.43. The van der Waals surface area contributed by atoms with Crippen molar-refractivity contribution in [1.29, 1.82) is 0 Å². The molecule has 0 amide bonds. The monoisotopic (exact) mass is 245 g/mol. The summed E-state index contributed by atoms with van der Waals surface area (Å²) in [7, 11) is 0. The van der Waals surface area contributed by atoms with Crippen molar-refractivity contribution < 1.29 is 8.78 Å². The fraction of sp³-hybridized carbons (Fsp3) is 0.500. The van der Waals surface area contributed by atoms with Crippen molar-refractivity contribution in [1.82, 2.24) is 0 Å². The Labute approximate surface area is 99.0 Å². The van der Waals surface area contributed by atoms with Gasteiger partial charge in [0.05, 0.1) is 6.54 Å². The molecule has 4 heteroatoms. The number of benzene rings is 1. The van der Waals surface area contributed by atoms with Crippen LogP contribution < -0.4 is 4.90 Å². The van der Waals surface area contributed by atoms with E-state index in [4.69, 9.17) is 11.6 Å². The number of rotatable bonds is 1. The summed E-state index contributed by atoms with van der Waals surface area (Å²) in [6.07, 6.45) is 0.516. The van der Waals surface area contributed by atoms with Crippen molar-refractivity contribution in [3.05, 3.63) is 28.8 Å². The second-order valence-electron chi connectivity index (χ2n) is 4.27. The van der Waals surface area contributed by atoms with Gasteiger partial charge in [0.1, 0.15) is 0 Å². The lowest BCUT2D eigenvalue weighted by Gasteiger charge is -2.35. The first-order valence-corrected chi connectivity index (χ1v) is 5.75. The lowest BCUT2D eigenvalue weighted by atomic mass is 10.0. The second kappa shape index (κ2) is 4.21. The van der Waals surface area contributed by atoms with E-state index in [1.54, 1.807) is 17.0 Å². The number of hydrogen-bond acceptors (Lipinski definition) is 1. The van der Waals surface area contributed by atoms with Crippen molar-refractivity contribution in [3.8, 4) is 0 Å². The minimum absolute atomic E-state index is 0.0108. The molecule has 0 unspecified atom stereocenters. The fourth-order valence-electron chi connectivity index (χ4n) is 2.11. The SMILES string of the molecule is Cc1c(Cl)cccc1N1CCCC(F)(F)C1. The Bertz CT molecular complexity index is 393. The maximum absolute atomic E-state index is 13.3. The van der Waals surface area contributed by atoms with Gasteiger partial charge in [-0.05, 0) is 31.0 Å². The highest BCUT2D eigenvalue weighted by Gasteiger charge is 2.35. The summed E-state index contributed by atoms with van der Waals surface area (Å²) >= 11 is 5.99. The molecule has 0 bridgehead atoms. The molecule has 2 rings (SSSR count). The number of halogens is 3. The minimum atomic E-state index is -2.58. The van der Waals surface area contributed by atoms with Crippen molar-refractivity contribution in [2.45, 2.75) is 25.7 Å². The smallest absolute Gasteiger partial charge is 0.265 e. The van der Waals surface area contributed by atoms with Crippen molar-refractivity contribution >= 4 is 17.3 Å². The zero-order valence-corrected chi connectivity index (χ0v) is 9.90. The highest BCUT2D eigenvalue weighted by Crippen LogP contribution is 2.33. The van der Waals surface area contributed by atoms with Crippen molar-refractivity contribution in [2.24, 2.45) is 0 Å². The molecule has 1 aromatic carbocycles. The third-order valence-corrected chi connectivity index (χ3v) is 3.38. The highest BCUT2D eigenvalue weighted by atomic mass is 35.5. The van der Waals surface area contributed by atoms with Crippen LogP contribution in [-0.4, -0.2) is 19.0 Å². The zero-order chi connectivity index (χ0) is 11.8. The predicted molar refractivity (Wildman–Crippen MR) is 62.6 cm³/mol. The van der Waals surface area contributed by atoms with Crippen LogP contribution in [0, 0.1) is 6.92 Å². The minimum Gasteiger partial charge on any atom is -0.365 e. The van der Waals surface area contributed by atoms with E-state index in [0.29, 0.717) is 18.0 Å². The molecule has 16 heavy (non-hydrogen) atoms. The van der Waals surface area contributed by atoms with E-state index < -0.39 is 5.92 Å². The predicted octanol–water partition coefficient (Wildman–Crippen LogP) is 3.88. The van der Waals surface area contributed by atoms with Gasteiger partial charge in [0.25, 0.3) is 5.92 Å². The van der Waals surface area contributed by atoms with Crippen LogP contribution in [0.4, 0.5) is 14.5 Å². The van der Waals surface area contributed by atoms with Crippen LogP contribution in [0.3, 0.4) is 0 Å². The molecule has 1 saturated heterocycles. The van der Waals surface area contributed by atoms with Crippen molar-refractivity contribution in [3.63, 3.8) is 0 Å². The third kappa shape index (κ3) is 2.29. The Kier molecular flexibility index (Phi) is 3.06. The van der Waals surface area contributed by atoms with E-state index in [2.05, 4.69) is 0 Å². The van der Waals surface area contributed by atoms with Gasteiger partial charge in [0.15, 0.2) is 0 Å². The molecule has 1 fully saturated rings. The topological polar surface area (TPSA) is 3.24 Å². The molecule has 0 radical (unpaired) electrons. The molecule has 1 aliphatic rings. The van der Waals surface area contributed by atoms with Gasteiger partial charge in [0.2, 0.25) is 0 Å². The van der Waals surface area contributed by atoms with Gasteiger partial charge in [-0.2, -0.15) is 0 Å². The maximum atomic E-state index is 13.3. The van der Waals surface area contributed by atoms with E-state index in [1.807, 2.05) is 13.0 Å². The van der Waals surface area contributed by atoms with E-state index in [-0.39, 0.29) is 13.0 Å². The van der Waals surface area contributed by atoms with E-state index in [1.165, 1.54) is 0 Å². The third-order valence-electron chi connectivity index (χ3n) is 2.97. The second-order valence-corrected chi connectivity index (χ2v) is 4.67. The van der Waals surface area contributed by atoms with Gasteiger partial charge >= 0.3 is 0 Å². The van der Waals surface area contributed by atoms with E-state index >= 15 is 0 Å². The Morgan fingerprint density at radius 2 is 2.12 bits per heavy atom. The summed E-state index contributed by atoms with van der Waals surface area (Å²) in [5.41, 5.74) is 1.70. The number of piperidine rings is 1. The van der Waals surface area contributed by atoms with Crippen LogP contribution in [0.2, 0.25) is 5.02 Å². The molecule has 1 nitrogen and oxygen atoms in total. The molecule has 0 aliphatic carbocycles. The van der Waals surface area contributed by atoms with Gasteiger partial charge in [-0.1, -0.05) is 17.7 Å². The molecule has 88 valence electrons. The highest BCUT2D eigenvalue weighted by molar-refractivity contribution is 6.31. The fourth-order valence-corrected chi connectivity index (χ4v) is 2.28. The lowest BCUT2D eigenvalue weighted by Crippen LogP contribution is -2.42. The van der Waals surface area contributed by atoms with Crippen LogP contribution in [0.1, 0.15) is 18.4 Å². The van der Waals surface area contributed by atoms with Crippen LogP contribution in [-0.2, 0) is 0 Å². The van der Waals surface area contributed by atoms with Gasteiger partial charge < -0.3 is 4.90 Å². The van der Waals surface area contributed by atoms with Crippen LogP contribution >= 0.6 is 11.6 Å². The molecule has 0 saturated carbocycles. The summed E-state index contributed by atoms with van der Waals surface area (Å²) in [5, 5.41) is 0.631. The van der Waals surface area contributed by atoms with Gasteiger partial charge in [-0.3, -0.25) is 0 Å². The number of nitrogens with zero attached hydrogens (tertiary/aromatic N) is 1. The summed E-state index contributed by atoms with van der Waals surface area (Å²) in [6.45, 7) is 2.34. The first kappa shape index (κ1) is 11.6. The first-order valence-electron chi connectivity index (χ1n) is 5.37. The number of alkyl halides is 2. The standard InChI is InChI=1S/C12H14ClF2N/c1-9-10(13)4-2-5-11(9)16-7-3-6-12(14,15)8-16/h2,4-5H,3,6-8H2,1H3. The quantitative estimate of drug-likeness (QED) is 0.726. The van der Waals surface area contributed by atoms with E-state index in [0.717, 1.165) is 11.3 Å². The average Bonchev–Trinajstić information content (AvgIpc) is 2.20. The van der Waals surface area contributed by atoms with Crippen molar-refractivity contribution in [2.75, 3.05) is 18.0 Å². The summed E-state index contributed by atoms with van der Waals surface area (Å²) in [5.74, 6) is -2.58. The Hall–Kier alpha value is -0.830. The molecule has 0 spiro atoms. The normalized spacial score (nSPS) is 19.9. The summed E-state index contributed by atoms with van der Waals surface area (Å²) < 4.78 is 26.6. The molecule has 1 aliphatic heterocycles. The average molecular weight is 246 g/mol. The Morgan fingerprint density at radius 3 is 2.81 bits per heavy atom. The molecular formula is C12H14ClF2N. The number of hydrogen-bond donors (Lipinski definition) is 0.